The lowest BCUT2D eigenvalue weighted by Crippen LogP contribution is -2.07. The second kappa shape index (κ2) is 4.37. The van der Waals surface area contributed by atoms with Crippen LogP contribution < -0.4 is 0 Å². The van der Waals surface area contributed by atoms with Gasteiger partial charge >= 0.3 is 0 Å². The molecule has 2 unspecified atom stereocenters. The zero-order chi connectivity index (χ0) is 9.97. The first kappa shape index (κ1) is 10.1. The number of hydrogen-bond donors (Lipinski definition) is 0. The second-order valence-electron chi connectivity index (χ2n) is 3.94. The van der Waals surface area contributed by atoms with Crippen LogP contribution in [-0.4, -0.2) is 12.0 Å². The number of benzene rings is 1. The highest BCUT2D eigenvalue weighted by atomic mass is 32.2. The van der Waals surface area contributed by atoms with Crippen LogP contribution in [-0.2, 0) is 4.74 Å². The molecule has 0 aromatic heterocycles. The van der Waals surface area contributed by atoms with Crippen molar-refractivity contribution >= 4 is 11.8 Å². The summed E-state index contributed by atoms with van der Waals surface area (Å²) in [5, 5.41) is 0. The number of hydrogen-bond acceptors (Lipinski definition) is 2. The average molecular weight is 208 g/mol. The summed E-state index contributed by atoms with van der Waals surface area (Å²) in [5.74, 6) is 0.682. The van der Waals surface area contributed by atoms with Gasteiger partial charge in [0.25, 0.3) is 0 Å². The van der Waals surface area contributed by atoms with Gasteiger partial charge in [-0.25, -0.2) is 0 Å². The van der Waals surface area contributed by atoms with Gasteiger partial charge in [-0.05, 0) is 31.4 Å². The monoisotopic (exact) mass is 208 g/mol. The molecule has 0 radical (unpaired) electrons. The standard InChI is InChI=1S/C12H16OS/c1-9-3-5-11(6-4-9)14-12-10(2)7-8-13-12/h3-6,10,12H,7-8H2,1-2H3. The van der Waals surface area contributed by atoms with Crippen molar-refractivity contribution in [3.63, 3.8) is 0 Å². The van der Waals surface area contributed by atoms with Crippen LogP contribution in [0.3, 0.4) is 0 Å². The first-order valence-electron chi connectivity index (χ1n) is 5.10. The summed E-state index contributed by atoms with van der Waals surface area (Å²) in [6.07, 6.45) is 1.20. The van der Waals surface area contributed by atoms with E-state index < -0.39 is 0 Å². The lowest BCUT2D eigenvalue weighted by Gasteiger charge is -2.13. The molecule has 14 heavy (non-hydrogen) atoms. The van der Waals surface area contributed by atoms with Gasteiger partial charge < -0.3 is 4.74 Å². The summed E-state index contributed by atoms with van der Waals surface area (Å²) in [4.78, 5) is 1.31. The minimum Gasteiger partial charge on any atom is -0.367 e. The maximum atomic E-state index is 5.66. The van der Waals surface area contributed by atoms with Crippen LogP contribution >= 0.6 is 11.8 Å². The molecule has 1 aromatic rings. The Morgan fingerprint density at radius 2 is 2.00 bits per heavy atom. The van der Waals surface area contributed by atoms with Gasteiger partial charge in [-0.15, -0.1) is 0 Å². The molecule has 1 aliphatic heterocycles. The number of aryl methyl sites for hydroxylation is 1. The van der Waals surface area contributed by atoms with Crippen LogP contribution in [0, 0.1) is 12.8 Å². The first-order chi connectivity index (χ1) is 6.75. The van der Waals surface area contributed by atoms with E-state index in [-0.39, 0.29) is 0 Å². The molecule has 1 saturated heterocycles. The van der Waals surface area contributed by atoms with Crippen molar-refractivity contribution in [3.8, 4) is 0 Å². The Kier molecular flexibility index (Phi) is 3.14. The molecule has 0 bridgehead atoms. The molecular weight excluding hydrogens is 192 g/mol. The van der Waals surface area contributed by atoms with Crippen LogP contribution in [0.4, 0.5) is 0 Å². The molecule has 1 aromatic carbocycles. The van der Waals surface area contributed by atoms with Crippen LogP contribution in [0.2, 0.25) is 0 Å². The van der Waals surface area contributed by atoms with Crippen LogP contribution in [0.5, 0.6) is 0 Å². The third kappa shape index (κ3) is 2.31. The van der Waals surface area contributed by atoms with Gasteiger partial charge in [-0.2, -0.15) is 0 Å². The highest BCUT2D eigenvalue weighted by Crippen LogP contribution is 2.34. The fourth-order valence-electron chi connectivity index (χ4n) is 1.57. The van der Waals surface area contributed by atoms with Crippen LogP contribution in [0.1, 0.15) is 18.9 Å². The molecule has 76 valence electrons. The summed E-state index contributed by atoms with van der Waals surface area (Å²) < 4.78 is 5.66. The van der Waals surface area contributed by atoms with Gasteiger partial charge in [-0.1, -0.05) is 36.4 Å². The summed E-state index contributed by atoms with van der Waals surface area (Å²) in [5.41, 5.74) is 1.67. The molecule has 0 amide bonds. The smallest absolute Gasteiger partial charge is 0.110 e. The first-order valence-corrected chi connectivity index (χ1v) is 5.98. The van der Waals surface area contributed by atoms with E-state index in [1.165, 1.54) is 16.9 Å². The Morgan fingerprint density at radius 1 is 1.29 bits per heavy atom. The van der Waals surface area contributed by atoms with Gasteiger partial charge in [0.15, 0.2) is 0 Å². The highest BCUT2D eigenvalue weighted by molar-refractivity contribution is 7.99. The van der Waals surface area contributed by atoms with Gasteiger partial charge in [-0.3, -0.25) is 0 Å². The Bertz CT molecular complexity index is 294. The normalized spacial score (nSPS) is 26.7. The van der Waals surface area contributed by atoms with Gasteiger partial charge in [0.05, 0.1) is 0 Å². The SMILES string of the molecule is Cc1ccc(SC2OCCC2C)cc1. The molecule has 2 atom stereocenters. The third-order valence-corrected chi connectivity index (χ3v) is 3.97. The van der Waals surface area contributed by atoms with Crippen LogP contribution in [0.25, 0.3) is 0 Å². The lowest BCUT2D eigenvalue weighted by atomic mass is 10.2. The minimum absolute atomic E-state index is 0.359. The molecule has 0 N–H and O–H groups in total. The molecule has 2 heteroatoms. The quantitative estimate of drug-likeness (QED) is 0.736. The van der Waals surface area contributed by atoms with E-state index >= 15 is 0 Å². The van der Waals surface area contributed by atoms with E-state index in [1.54, 1.807) is 0 Å². The topological polar surface area (TPSA) is 9.23 Å². The predicted molar refractivity (Wildman–Crippen MR) is 60.6 cm³/mol. The van der Waals surface area contributed by atoms with Gasteiger partial charge in [0.1, 0.15) is 5.44 Å². The van der Waals surface area contributed by atoms with Crippen molar-refractivity contribution in [1.82, 2.24) is 0 Å². The van der Waals surface area contributed by atoms with Gasteiger partial charge in [0, 0.05) is 11.5 Å². The molecule has 0 saturated carbocycles. The summed E-state index contributed by atoms with van der Waals surface area (Å²) in [7, 11) is 0. The summed E-state index contributed by atoms with van der Waals surface area (Å²) >= 11 is 1.85. The van der Waals surface area contributed by atoms with E-state index in [0.29, 0.717) is 11.4 Å². The largest absolute Gasteiger partial charge is 0.367 e. The number of thioether (sulfide) groups is 1. The van der Waals surface area contributed by atoms with E-state index in [9.17, 15) is 0 Å². The Hall–Kier alpha value is -0.470. The molecule has 0 aliphatic carbocycles. The second-order valence-corrected chi connectivity index (χ2v) is 5.11. The van der Waals surface area contributed by atoms with Crippen molar-refractivity contribution in [3.05, 3.63) is 29.8 Å². The molecular formula is C12H16OS. The number of rotatable bonds is 2. The molecule has 1 heterocycles. The lowest BCUT2D eigenvalue weighted by molar-refractivity contribution is 0.161. The van der Waals surface area contributed by atoms with Crippen molar-refractivity contribution in [2.45, 2.75) is 30.6 Å². The van der Waals surface area contributed by atoms with E-state index in [1.807, 2.05) is 11.8 Å². The molecule has 1 nitrogen and oxygen atoms in total. The maximum Gasteiger partial charge on any atom is 0.110 e. The van der Waals surface area contributed by atoms with Crippen molar-refractivity contribution in [2.24, 2.45) is 5.92 Å². The Labute approximate surface area is 89.9 Å². The summed E-state index contributed by atoms with van der Waals surface area (Å²) in [6, 6.07) is 8.66. The third-order valence-electron chi connectivity index (χ3n) is 2.59. The molecule has 1 aliphatic rings. The predicted octanol–water partition coefficient (Wildman–Crippen LogP) is 3.47. The highest BCUT2D eigenvalue weighted by Gasteiger charge is 2.24. The van der Waals surface area contributed by atoms with E-state index in [2.05, 4.69) is 38.1 Å². The van der Waals surface area contributed by atoms with Crippen molar-refractivity contribution in [1.29, 1.82) is 0 Å². The fraction of sp³-hybridized carbons (Fsp3) is 0.500. The minimum atomic E-state index is 0.359. The molecule has 1 fully saturated rings. The zero-order valence-corrected chi connectivity index (χ0v) is 9.51. The van der Waals surface area contributed by atoms with E-state index in [4.69, 9.17) is 4.74 Å². The Morgan fingerprint density at radius 3 is 2.57 bits per heavy atom. The zero-order valence-electron chi connectivity index (χ0n) is 8.69. The van der Waals surface area contributed by atoms with E-state index in [0.717, 1.165) is 6.61 Å². The average Bonchev–Trinajstić information content (AvgIpc) is 2.56. The van der Waals surface area contributed by atoms with Crippen molar-refractivity contribution in [2.75, 3.05) is 6.61 Å². The Balaban J connectivity index is 2.00. The fourth-order valence-corrected chi connectivity index (χ4v) is 2.67. The van der Waals surface area contributed by atoms with Gasteiger partial charge in [0.2, 0.25) is 0 Å². The van der Waals surface area contributed by atoms with Crippen LogP contribution in [0.15, 0.2) is 29.2 Å². The maximum absolute atomic E-state index is 5.66. The van der Waals surface area contributed by atoms with Crippen molar-refractivity contribution < 1.29 is 4.74 Å². The molecule has 0 spiro atoms. The molecule has 2 rings (SSSR count). The summed E-state index contributed by atoms with van der Waals surface area (Å²) in [6.45, 7) is 5.30. The number of ether oxygens (including phenoxy) is 1.